The first-order valence-corrected chi connectivity index (χ1v) is 11.7. The zero-order chi connectivity index (χ0) is 26.7. The van der Waals surface area contributed by atoms with E-state index in [4.69, 9.17) is 13.9 Å². The molecule has 0 saturated carbocycles. The van der Waals surface area contributed by atoms with Crippen molar-refractivity contribution in [1.82, 2.24) is 9.80 Å². The SMILES string of the molecule is Cc1ccc(CN(Cc2ccc3c(c2)OCO3)C(=O)CN(C(=O)c2ccc(C(F)(F)F)cc2)C(C)C)o1. The van der Waals surface area contributed by atoms with E-state index in [1.54, 1.807) is 49.9 Å². The molecule has 196 valence electrons. The van der Waals surface area contributed by atoms with E-state index < -0.39 is 17.6 Å². The maximum absolute atomic E-state index is 13.5. The van der Waals surface area contributed by atoms with E-state index in [9.17, 15) is 22.8 Å². The number of alkyl halides is 3. The van der Waals surface area contributed by atoms with Crippen LogP contribution >= 0.6 is 0 Å². The Hall–Kier alpha value is -3.95. The molecule has 0 spiro atoms. The predicted octanol–water partition coefficient (Wildman–Crippen LogP) is 5.42. The first-order chi connectivity index (χ1) is 17.5. The summed E-state index contributed by atoms with van der Waals surface area (Å²) in [6.45, 7) is 5.54. The van der Waals surface area contributed by atoms with Crippen LogP contribution in [-0.4, -0.2) is 41.0 Å². The summed E-state index contributed by atoms with van der Waals surface area (Å²) in [6, 6.07) is 12.6. The number of aryl methyl sites for hydroxylation is 1. The zero-order valence-corrected chi connectivity index (χ0v) is 20.7. The average molecular weight is 517 g/mol. The number of hydrogen-bond donors (Lipinski definition) is 0. The lowest BCUT2D eigenvalue weighted by Gasteiger charge is -2.30. The van der Waals surface area contributed by atoms with Gasteiger partial charge in [-0.2, -0.15) is 13.2 Å². The Bertz CT molecular complexity index is 1270. The highest BCUT2D eigenvalue weighted by Gasteiger charge is 2.31. The molecule has 1 aliphatic rings. The number of halogens is 3. The molecule has 37 heavy (non-hydrogen) atoms. The first kappa shape index (κ1) is 26.1. The van der Waals surface area contributed by atoms with Gasteiger partial charge < -0.3 is 23.7 Å². The van der Waals surface area contributed by atoms with Crippen molar-refractivity contribution in [3.8, 4) is 11.5 Å². The van der Waals surface area contributed by atoms with Gasteiger partial charge in [-0.25, -0.2) is 0 Å². The van der Waals surface area contributed by atoms with Crippen molar-refractivity contribution < 1.29 is 36.7 Å². The van der Waals surface area contributed by atoms with E-state index in [0.717, 1.165) is 29.8 Å². The summed E-state index contributed by atoms with van der Waals surface area (Å²) in [5, 5.41) is 0. The number of nitrogens with zero attached hydrogens (tertiary/aromatic N) is 2. The van der Waals surface area contributed by atoms with E-state index in [-0.39, 0.29) is 43.9 Å². The third kappa shape index (κ3) is 6.25. The maximum atomic E-state index is 13.5. The van der Waals surface area contributed by atoms with E-state index in [2.05, 4.69) is 0 Å². The number of amides is 2. The number of carbonyl (C=O) groups is 2. The van der Waals surface area contributed by atoms with Crippen molar-refractivity contribution in [1.29, 1.82) is 0 Å². The Balaban J connectivity index is 1.54. The van der Waals surface area contributed by atoms with Crippen LogP contribution in [0.25, 0.3) is 0 Å². The van der Waals surface area contributed by atoms with Crippen LogP contribution in [0.5, 0.6) is 11.5 Å². The number of benzene rings is 2. The highest BCUT2D eigenvalue weighted by molar-refractivity contribution is 5.96. The number of hydrogen-bond acceptors (Lipinski definition) is 5. The molecule has 4 rings (SSSR count). The minimum Gasteiger partial charge on any atom is -0.464 e. The molecular weight excluding hydrogens is 489 g/mol. The van der Waals surface area contributed by atoms with Crippen molar-refractivity contribution in [2.45, 2.75) is 46.1 Å². The van der Waals surface area contributed by atoms with Crippen molar-refractivity contribution in [2.24, 2.45) is 0 Å². The number of ether oxygens (including phenoxy) is 2. The summed E-state index contributed by atoms with van der Waals surface area (Å²) in [5.74, 6) is 1.61. The standard InChI is InChI=1S/C27H27F3N2O5/c1-17(2)32(26(34)20-6-8-21(9-7-20)27(28,29)30)15-25(33)31(14-22-10-4-18(3)37-22)13-19-5-11-23-24(12-19)36-16-35-23/h4-12,17H,13-16H2,1-3H3. The van der Waals surface area contributed by atoms with Gasteiger partial charge >= 0.3 is 6.18 Å². The summed E-state index contributed by atoms with van der Waals surface area (Å²) < 4.78 is 55.3. The number of rotatable bonds is 8. The van der Waals surface area contributed by atoms with Crippen LogP contribution < -0.4 is 9.47 Å². The molecule has 2 amide bonds. The largest absolute Gasteiger partial charge is 0.464 e. The molecule has 0 aliphatic carbocycles. The first-order valence-electron chi connectivity index (χ1n) is 11.7. The van der Waals surface area contributed by atoms with Crippen LogP contribution in [0.15, 0.2) is 59.0 Å². The number of furan rings is 1. The second kappa shape index (κ2) is 10.6. The highest BCUT2D eigenvalue weighted by atomic mass is 19.4. The minimum absolute atomic E-state index is 0.0680. The van der Waals surface area contributed by atoms with Crippen LogP contribution in [0.1, 0.15) is 46.9 Å². The molecule has 0 radical (unpaired) electrons. The van der Waals surface area contributed by atoms with Crippen LogP contribution in [0.4, 0.5) is 13.2 Å². The van der Waals surface area contributed by atoms with Gasteiger partial charge in [-0.3, -0.25) is 9.59 Å². The van der Waals surface area contributed by atoms with Gasteiger partial charge in [-0.05, 0) is 74.9 Å². The lowest BCUT2D eigenvalue weighted by atomic mass is 10.1. The van der Waals surface area contributed by atoms with Crippen LogP contribution in [0, 0.1) is 6.92 Å². The topological polar surface area (TPSA) is 72.2 Å². The summed E-state index contributed by atoms with van der Waals surface area (Å²) >= 11 is 0. The van der Waals surface area contributed by atoms with Crippen LogP contribution in [0.2, 0.25) is 0 Å². The number of carbonyl (C=O) groups excluding carboxylic acids is 2. The van der Waals surface area contributed by atoms with Gasteiger partial charge in [0.25, 0.3) is 5.91 Å². The smallest absolute Gasteiger partial charge is 0.416 e. The molecule has 2 heterocycles. The lowest BCUT2D eigenvalue weighted by molar-refractivity contribution is -0.137. The molecule has 2 aromatic carbocycles. The second-order valence-electron chi connectivity index (χ2n) is 9.05. The molecule has 0 saturated heterocycles. The third-order valence-corrected chi connectivity index (χ3v) is 5.95. The molecule has 1 aliphatic heterocycles. The Kier molecular flexibility index (Phi) is 7.47. The second-order valence-corrected chi connectivity index (χ2v) is 9.05. The van der Waals surface area contributed by atoms with Crippen molar-refractivity contribution in [3.05, 3.63) is 82.8 Å². The van der Waals surface area contributed by atoms with Gasteiger partial charge in [0.1, 0.15) is 18.1 Å². The summed E-state index contributed by atoms with van der Waals surface area (Å²) in [4.78, 5) is 29.6. The Labute approximate surface area is 212 Å². The van der Waals surface area contributed by atoms with Gasteiger partial charge in [-0.1, -0.05) is 6.07 Å². The van der Waals surface area contributed by atoms with E-state index in [1.807, 2.05) is 6.07 Å². The van der Waals surface area contributed by atoms with Crippen LogP contribution in [0.3, 0.4) is 0 Å². The van der Waals surface area contributed by atoms with Gasteiger partial charge in [-0.15, -0.1) is 0 Å². The monoisotopic (exact) mass is 516 g/mol. The molecular formula is C27H27F3N2O5. The number of fused-ring (bicyclic) bond motifs is 1. The van der Waals surface area contributed by atoms with Crippen molar-refractivity contribution >= 4 is 11.8 Å². The molecule has 7 nitrogen and oxygen atoms in total. The summed E-state index contributed by atoms with van der Waals surface area (Å²) in [5.41, 5.74) is 0.0180. The molecule has 0 fully saturated rings. The maximum Gasteiger partial charge on any atom is 0.416 e. The van der Waals surface area contributed by atoms with Gasteiger partial charge in [0, 0.05) is 18.2 Å². The van der Waals surface area contributed by atoms with Gasteiger partial charge in [0.15, 0.2) is 11.5 Å². The molecule has 10 heteroatoms. The fraction of sp³-hybridized carbons (Fsp3) is 0.333. The van der Waals surface area contributed by atoms with E-state index >= 15 is 0 Å². The Morgan fingerprint density at radius 1 is 0.946 bits per heavy atom. The van der Waals surface area contributed by atoms with Crippen molar-refractivity contribution in [2.75, 3.05) is 13.3 Å². The molecule has 3 aromatic rings. The molecule has 1 aromatic heterocycles. The Morgan fingerprint density at radius 2 is 1.65 bits per heavy atom. The zero-order valence-electron chi connectivity index (χ0n) is 20.7. The summed E-state index contributed by atoms with van der Waals surface area (Å²) in [6.07, 6.45) is -4.51. The quantitative estimate of drug-likeness (QED) is 0.400. The van der Waals surface area contributed by atoms with Crippen LogP contribution in [-0.2, 0) is 24.1 Å². The fourth-order valence-electron chi connectivity index (χ4n) is 3.95. The minimum atomic E-state index is -4.51. The van der Waals surface area contributed by atoms with Gasteiger partial charge in [0.05, 0.1) is 12.1 Å². The molecule has 0 bridgehead atoms. The van der Waals surface area contributed by atoms with Crippen molar-refractivity contribution in [3.63, 3.8) is 0 Å². The highest BCUT2D eigenvalue weighted by Crippen LogP contribution is 2.33. The van der Waals surface area contributed by atoms with Gasteiger partial charge in [0.2, 0.25) is 12.7 Å². The average Bonchev–Trinajstić information content (AvgIpc) is 3.49. The third-order valence-electron chi connectivity index (χ3n) is 5.95. The molecule has 0 N–H and O–H groups in total. The van der Waals surface area contributed by atoms with E-state index in [0.29, 0.717) is 23.0 Å². The Morgan fingerprint density at radius 3 is 2.27 bits per heavy atom. The lowest BCUT2D eigenvalue weighted by Crippen LogP contribution is -2.45. The molecule has 0 atom stereocenters. The normalized spacial score (nSPS) is 12.6. The predicted molar refractivity (Wildman–Crippen MR) is 128 cm³/mol. The van der Waals surface area contributed by atoms with E-state index in [1.165, 1.54) is 4.90 Å². The molecule has 0 unspecified atom stereocenters. The summed E-state index contributed by atoms with van der Waals surface area (Å²) in [7, 11) is 0. The fourth-order valence-corrected chi connectivity index (χ4v) is 3.95.